The third kappa shape index (κ3) is 11.5. The first kappa shape index (κ1) is 28.6. The van der Waals surface area contributed by atoms with Crippen LogP contribution in [0, 0.1) is 6.92 Å². The minimum Gasteiger partial charge on any atom is -0.481 e. The Morgan fingerprint density at radius 3 is 2.39 bits per heavy atom. The van der Waals surface area contributed by atoms with E-state index in [1.165, 1.54) is 5.56 Å². The van der Waals surface area contributed by atoms with Gasteiger partial charge in [0, 0.05) is 25.8 Å². The van der Waals surface area contributed by atoms with E-state index < -0.39 is 12.1 Å². The van der Waals surface area contributed by atoms with E-state index in [0.717, 1.165) is 30.4 Å². The summed E-state index contributed by atoms with van der Waals surface area (Å²) < 4.78 is 0. The highest BCUT2D eigenvalue weighted by Gasteiger charge is 2.28. The molecule has 174 valence electrons. The zero-order chi connectivity index (χ0) is 23.8. The van der Waals surface area contributed by atoms with Crippen molar-refractivity contribution in [3.05, 3.63) is 59.7 Å². The Labute approximate surface area is 188 Å². The van der Waals surface area contributed by atoms with Crippen LogP contribution < -0.4 is 0 Å². The Morgan fingerprint density at radius 2 is 1.87 bits per heavy atom. The Balaban J connectivity index is 0.00000113. The number of rotatable bonds is 8. The largest absolute Gasteiger partial charge is 0.481 e. The van der Waals surface area contributed by atoms with Gasteiger partial charge >= 0.3 is 5.97 Å². The Morgan fingerprint density at radius 1 is 1.29 bits per heavy atom. The van der Waals surface area contributed by atoms with Crippen LogP contribution in [0.2, 0.25) is 0 Å². The molecule has 2 unspecified atom stereocenters. The van der Waals surface area contributed by atoms with Crippen LogP contribution in [0.3, 0.4) is 0 Å². The number of carboxylic acids is 1. The van der Waals surface area contributed by atoms with Crippen LogP contribution in [0.25, 0.3) is 0 Å². The maximum absolute atomic E-state index is 12.2. The molecule has 2 N–H and O–H groups in total. The van der Waals surface area contributed by atoms with Gasteiger partial charge in [-0.05, 0) is 38.7 Å². The first-order valence-corrected chi connectivity index (χ1v) is 11.3. The molecule has 1 aliphatic heterocycles. The Hall–Kier alpha value is -2.40. The van der Waals surface area contributed by atoms with Gasteiger partial charge in [0.25, 0.3) is 0 Å². The summed E-state index contributed by atoms with van der Waals surface area (Å²) in [6.07, 6.45) is 7.41. The van der Waals surface area contributed by atoms with E-state index in [4.69, 9.17) is 5.11 Å². The normalized spacial score (nSPS) is 17.0. The summed E-state index contributed by atoms with van der Waals surface area (Å²) in [6, 6.07) is 8.36. The first-order chi connectivity index (χ1) is 14.8. The molecule has 1 fully saturated rings. The molecule has 2 atom stereocenters. The number of nitrogens with zero attached hydrogens (tertiary/aromatic N) is 1. The van der Waals surface area contributed by atoms with Crippen LogP contribution in [0.5, 0.6) is 0 Å². The van der Waals surface area contributed by atoms with Gasteiger partial charge in [-0.3, -0.25) is 9.59 Å². The summed E-state index contributed by atoms with van der Waals surface area (Å²) in [5.41, 5.74) is 3.44. The quantitative estimate of drug-likeness (QED) is 0.547. The molecule has 0 bridgehead atoms. The zero-order valence-corrected chi connectivity index (χ0v) is 19.9. The smallest absolute Gasteiger partial charge is 0.303 e. The van der Waals surface area contributed by atoms with Crippen molar-refractivity contribution >= 4 is 11.9 Å². The van der Waals surface area contributed by atoms with Gasteiger partial charge in [-0.2, -0.15) is 0 Å². The van der Waals surface area contributed by atoms with E-state index in [0.29, 0.717) is 19.4 Å². The third-order valence-corrected chi connectivity index (χ3v) is 4.99. The van der Waals surface area contributed by atoms with E-state index in [1.807, 2.05) is 37.8 Å². The number of aryl methyl sites for hydroxylation is 1. The molecule has 0 aromatic heterocycles. The number of carbonyl (C=O) groups is 2. The molecule has 1 saturated heterocycles. The second-order valence-corrected chi connectivity index (χ2v) is 7.49. The number of amides is 1. The lowest BCUT2D eigenvalue weighted by Crippen LogP contribution is -2.44. The highest BCUT2D eigenvalue weighted by atomic mass is 16.4. The maximum atomic E-state index is 12.2. The van der Waals surface area contributed by atoms with Crippen LogP contribution in [-0.2, 0) is 16.0 Å². The number of aliphatic carboxylic acids is 1. The number of carbonyl (C=O) groups excluding carboxylic acids is 1. The molecule has 1 aromatic carbocycles. The molecule has 2 rings (SSSR count). The summed E-state index contributed by atoms with van der Waals surface area (Å²) >= 11 is 0. The van der Waals surface area contributed by atoms with E-state index in [2.05, 4.69) is 37.8 Å². The van der Waals surface area contributed by atoms with Gasteiger partial charge in [0.05, 0.1) is 12.1 Å². The van der Waals surface area contributed by atoms with Crippen LogP contribution in [0.1, 0.15) is 70.9 Å². The summed E-state index contributed by atoms with van der Waals surface area (Å²) in [4.78, 5) is 23.5. The van der Waals surface area contributed by atoms with Crippen molar-refractivity contribution in [2.75, 3.05) is 6.54 Å². The number of benzene rings is 1. The van der Waals surface area contributed by atoms with Crippen LogP contribution in [0.4, 0.5) is 0 Å². The van der Waals surface area contributed by atoms with Crippen LogP contribution in [-0.4, -0.2) is 45.7 Å². The number of hydrogen-bond acceptors (Lipinski definition) is 3. The fourth-order valence-corrected chi connectivity index (χ4v) is 3.34. The second kappa shape index (κ2) is 16.3. The monoisotopic (exact) mass is 431 g/mol. The number of hydrogen-bond donors (Lipinski definition) is 2. The zero-order valence-electron chi connectivity index (χ0n) is 19.9. The summed E-state index contributed by atoms with van der Waals surface area (Å²) in [7, 11) is 0. The van der Waals surface area contributed by atoms with E-state index in [-0.39, 0.29) is 18.4 Å². The molecule has 1 aliphatic rings. The van der Waals surface area contributed by atoms with E-state index in [9.17, 15) is 14.7 Å². The highest BCUT2D eigenvalue weighted by molar-refractivity contribution is 5.77. The van der Waals surface area contributed by atoms with Crippen molar-refractivity contribution in [1.29, 1.82) is 0 Å². The lowest BCUT2D eigenvalue weighted by molar-refractivity contribution is -0.137. The molecule has 1 heterocycles. The van der Waals surface area contributed by atoms with Gasteiger partial charge in [0.2, 0.25) is 5.91 Å². The van der Waals surface area contributed by atoms with Crippen LogP contribution >= 0.6 is 0 Å². The van der Waals surface area contributed by atoms with E-state index in [1.54, 1.807) is 6.92 Å². The fourth-order valence-electron chi connectivity index (χ4n) is 3.34. The molecule has 5 heteroatoms. The minimum absolute atomic E-state index is 0.110. The van der Waals surface area contributed by atoms with E-state index >= 15 is 0 Å². The summed E-state index contributed by atoms with van der Waals surface area (Å²) in [6.45, 7) is 14.2. The average molecular weight is 432 g/mol. The predicted octanol–water partition coefficient (Wildman–Crippen LogP) is 5.31. The fraction of sp³-hybridized carbons (Fsp3) is 0.538. The Bertz CT molecular complexity index is 694. The molecule has 5 nitrogen and oxygen atoms in total. The lowest BCUT2D eigenvalue weighted by atomic mass is 9.93. The molecular weight excluding hydrogens is 390 g/mol. The average Bonchev–Trinajstić information content (AvgIpc) is 2.76. The summed E-state index contributed by atoms with van der Waals surface area (Å²) in [5.74, 6) is -0.529. The first-order valence-electron chi connectivity index (χ1n) is 11.3. The second-order valence-electron chi connectivity index (χ2n) is 7.49. The van der Waals surface area contributed by atoms with Gasteiger partial charge in [0.1, 0.15) is 0 Å². The van der Waals surface area contributed by atoms with Gasteiger partial charge in [-0.1, -0.05) is 68.3 Å². The van der Waals surface area contributed by atoms with Crippen molar-refractivity contribution in [2.24, 2.45) is 0 Å². The molecule has 0 saturated carbocycles. The van der Waals surface area contributed by atoms with Crippen molar-refractivity contribution in [2.45, 2.75) is 85.3 Å². The molecular formula is C26H41NO4. The number of carboxylic acid groups (broad SMARTS) is 1. The molecule has 0 radical (unpaired) electrons. The highest BCUT2D eigenvalue weighted by Crippen LogP contribution is 2.25. The lowest BCUT2D eigenvalue weighted by Gasteiger charge is -2.36. The number of piperidine rings is 1. The van der Waals surface area contributed by atoms with Crippen molar-refractivity contribution in [3.8, 4) is 0 Å². The third-order valence-electron chi connectivity index (χ3n) is 4.99. The SMILES string of the molecule is C=CCCN1C(=O)CCCC1/C(C)=C/C(O)Cc1ccc(C)cc1.CC.CCC(=O)O. The van der Waals surface area contributed by atoms with Crippen molar-refractivity contribution in [3.63, 3.8) is 0 Å². The molecule has 31 heavy (non-hydrogen) atoms. The van der Waals surface area contributed by atoms with Gasteiger partial charge < -0.3 is 15.1 Å². The maximum Gasteiger partial charge on any atom is 0.303 e. The summed E-state index contributed by atoms with van der Waals surface area (Å²) in [5, 5.41) is 18.1. The number of aliphatic hydroxyl groups is 1. The van der Waals surface area contributed by atoms with Gasteiger partial charge in [-0.15, -0.1) is 6.58 Å². The van der Waals surface area contributed by atoms with Crippen molar-refractivity contribution < 1.29 is 19.8 Å². The molecule has 0 aliphatic carbocycles. The van der Waals surface area contributed by atoms with Crippen LogP contribution in [0.15, 0.2) is 48.6 Å². The van der Waals surface area contributed by atoms with Gasteiger partial charge in [0.15, 0.2) is 0 Å². The standard InChI is InChI=1S/C21H29NO2.C3H6O2.C2H6/c1-4-5-13-22-20(7-6-8-21(22)24)17(3)14-19(23)15-18-11-9-16(2)10-12-18;1-2-3(4)5;1-2/h4,9-12,14,19-20,23H,1,5-8,13,15H2,2-3H3;2H2,1H3,(H,4,5);1-2H3/b17-14+;;. The molecule has 0 spiro atoms. The molecule has 1 aromatic rings. The predicted molar refractivity (Wildman–Crippen MR) is 128 cm³/mol. The Kier molecular flexibility index (Phi) is 15.0. The van der Waals surface area contributed by atoms with Crippen molar-refractivity contribution in [1.82, 2.24) is 4.90 Å². The minimum atomic E-state index is -0.745. The van der Waals surface area contributed by atoms with Gasteiger partial charge in [-0.25, -0.2) is 0 Å². The number of aliphatic hydroxyl groups excluding tert-OH is 1. The number of likely N-dealkylation sites (tertiary alicyclic amines) is 1. The molecule has 1 amide bonds. The topological polar surface area (TPSA) is 77.8 Å².